The first-order chi connectivity index (χ1) is 13.3. The Morgan fingerprint density at radius 3 is 2.57 bits per heavy atom. The minimum atomic E-state index is -0.342. The molecule has 2 atom stereocenters. The SMILES string of the molecule is Cc1nc(NC(=O)[C@H](C)Sc2nnc([C@H](C)Oc3ccccc3)n2C)sc1C. The number of para-hydroxylation sites is 1. The first-order valence-electron chi connectivity index (χ1n) is 8.87. The highest BCUT2D eigenvalue weighted by Crippen LogP contribution is 2.27. The summed E-state index contributed by atoms with van der Waals surface area (Å²) in [5, 5.41) is 12.3. The topological polar surface area (TPSA) is 81.9 Å². The number of nitrogens with one attached hydrogen (secondary N) is 1. The molecule has 3 rings (SSSR count). The lowest BCUT2D eigenvalue weighted by Crippen LogP contribution is -2.22. The lowest BCUT2D eigenvalue weighted by Gasteiger charge is -2.14. The fourth-order valence-corrected chi connectivity index (χ4v) is 4.12. The van der Waals surface area contributed by atoms with Crippen molar-refractivity contribution in [2.24, 2.45) is 7.05 Å². The maximum atomic E-state index is 12.5. The number of rotatable bonds is 7. The number of benzene rings is 1. The largest absolute Gasteiger partial charge is 0.483 e. The quantitative estimate of drug-likeness (QED) is 0.582. The van der Waals surface area contributed by atoms with Crippen LogP contribution in [0.2, 0.25) is 0 Å². The average Bonchev–Trinajstić information content (AvgIpc) is 3.17. The molecule has 0 bridgehead atoms. The molecular formula is C19H23N5O2S2. The number of aryl methyl sites for hydroxylation is 2. The molecule has 2 aromatic heterocycles. The molecule has 0 aliphatic rings. The van der Waals surface area contributed by atoms with Crippen molar-refractivity contribution < 1.29 is 9.53 Å². The molecule has 0 spiro atoms. The van der Waals surface area contributed by atoms with Crippen LogP contribution in [0, 0.1) is 13.8 Å². The number of amides is 1. The Morgan fingerprint density at radius 2 is 1.93 bits per heavy atom. The van der Waals surface area contributed by atoms with Crippen LogP contribution in [-0.4, -0.2) is 30.9 Å². The molecule has 0 unspecified atom stereocenters. The minimum Gasteiger partial charge on any atom is -0.483 e. The van der Waals surface area contributed by atoms with Crippen molar-refractivity contribution >= 4 is 34.1 Å². The van der Waals surface area contributed by atoms with E-state index in [1.807, 2.05) is 69.6 Å². The molecule has 0 radical (unpaired) electrons. The molecule has 0 saturated carbocycles. The predicted octanol–water partition coefficient (Wildman–Crippen LogP) is 4.15. The minimum absolute atomic E-state index is 0.114. The smallest absolute Gasteiger partial charge is 0.239 e. The molecule has 0 aliphatic heterocycles. The average molecular weight is 418 g/mol. The molecule has 1 N–H and O–H groups in total. The van der Waals surface area contributed by atoms with E-state index in [4.69, 9.17) is 4.74 Å². The van der Waals surface area contributed by atoms with Crippen LogP contribution < -0.4 is 10.1 Å². The van der Waals surface area contributed by atoms with Gasteiger partial charge in [0.15, 0.2) is 22.2 Å². The van der Waals surface area contributed by atoms with Gasteiger partial charge >= 0.3 is 0 Å². The van der Waals surface area contributed by atoms with Crippen molar-refractivity contribution in [3.8, 4) is 5.75 Å². The second-order valence-corrected chi connectivity index (χ2v) is 8.89. The zero-order chi connectivity index (χ0) is 20.3. The van der Waals surface area contributed by atoms with Crippen molar-refractivity contribution in [1.82, 2.24) is 19.7 Å². The third-order valence-electron chi connectivity index (χ3n) is 4.20. The standard InChI is InChI=1S/C19H23N5O2S2/c1-11-13(3)27-18(20-11)21-17(25)14(4)28-19-23-22-16(24(19)5)12(2)26-15-9-7-6-8-10-15/h6-10,12,14H,1-5H3,(H,20,21,25)/t12-,14-/m0/s1. The number of aromatic nitrogens is 4. The van der Waals surface area contributed by atoms with Crippen LogP contribution in [0.15, 0.2) is 35.5 Å². The van der Waals surface area contributed by atoms with Gasteiger partial charge in [0.2, 0.25) is 5.91 Å². The normalized spacial score (nSPS) is 13.2. The fraction of sp³-hybridized carbons (Fsp3) is 0.368. The first kappa shape index (κ1) is 20.3. The van der Waals surface area contributed by atoms with E-state index in [2.05, 4.69) is 20.5 Å². The van der Waals surface area contributed by atoms with E-state index < -0.39 is 0 Å². The van der Waals surface area contributed by atoms with Crippen molar-refractivity contribution in [1.29, 1.82) is 0 Å². The van der Waals surface area contributed by atoms with Crippen molar-refractivity contribution in [3.05, 3.63) is 46.7 Å². The summed E-state index contributed by atoms with van der Waals surface area (Å²) < 4.78 is 7.78. The van der Waals surface area contributed by atoms with Crippen LogP contribution in [0.5, 0.6) is 5.75 Å². The number of thioether (sulfide) groups is 1. The zero-order valence-electron chi connectivity index (χ0n) is 16.5. The van der Waals surface area contributed by atoms with Crippen molar-refractivity contribution in [3.63, 3.8) is 0 Å². The van der Waals surface area contributed by atoms with Gasteiger partial charge in [-0.3, -0.25) is 4.79 Å². The number of hydrogen-bond donors (Lipinski definition) is 1. The van der Waals surface area contributed by atoms with E-state index in [0.29, 0.717) is 16.1 Å². The Kier molecular flexibility index (Phi) is 6.35. The molecule has 1 aromatic carbocycles. The van der Waals surface area contributed by atoms with Crippen LogP contribution in [0.4, 0.5) is 5.13 Å². The summed E-state index contributed by atoms with van der Waals surface area (Å²) in [5.41, 5.74) is 0.936. The fourth-order valence-electron chi connectivity index (χ4n) is 2.48. The highest BCUT2D eigenvalue weighted by molar-refractivity contribution is 8.00. The maximum Gasteiger partial charge on any atom is 0.239 e. The molecule has 148 valence electrons. The Morgan fingerprint density at radius 1 is 1.21 bits per heavy atom. The van der Waals surface area contributed by atoms with Gasteiger partial charge in [-0.1, -0.05) is 30.0 Å². The van der Waals surface area contributed by atoms with Gasteiger partial charge in [-0.25, -0.2) is 4.98 Å². The highest BCUT2D eigenvalue weighted by atomic mass is 32.2. The summed E-state index contributed by atoms with van der Waals surface area (Å²) in [6, 6.07) is 9.58. The summed E-state index contributed by atoms with van der Waals surface area (Å²) >= 11 is 2.83. The van der Waals surface area contributed by atoms with Gasteiger partial charge in [0.05, 0.1) is 10.9 Å². The van der Waals surface area contributed by atoms with E-state index in [9.17, 15) is 4.79 Å². The van der Waals surface area contributed by atoms with E-state index in [1.165, 1.54) is 23.1 Å². The third kappa shape index (κ3) is 4.71. The van der Waals surface area contributed by atoms with Crippen LogP contribution in [0.3, 0.4) is 0 Å². The Balaban J connectivity index is 1.63. The highest BCUT2D eigenvalue weighted by Gasteiger charge is 2.22. The Hall–Kier alpha value is -2.39. The summed E-state index contributed by atoms with van der Waals surface area (Å²) in [6.07, 6.45) is -0.264. The molecule has 0 saturated heterocycles. The molecule has 7 nitrogen and oxygen atoms in total. The summed E-state index contributed by atoms with van der Waals surface area (Å²) in [6.45, 7) is 7.68. The third-order valence-corrected chi connectivity index (χ3v) is 6.32. The van der Waals surface area contributed by atoms with Gasteiger partial charge < -0.3 is 14.6 Å². The molecular weight excluding hydrogens is 394 g/mol. The van der Waals surface area contributed by atoms with E-state index in [-0.39, 0.29) is 17.3 Å². The van der Waals surface area contributed by atoms with Crippen molar-refractivity contribution in [2.45, 2.75) is 44.2 Å². The second-order valence-electron chi connectivity index (χ2n) is 6.38. The second kappa shape index (κ2) is 8.74. The lowest BCUT2D eigenvalue weighted by molar-refractivity contribution is -0.115. The summed E-state index contributed by atoms with van der Waals surface area (Å²) in [7, 11) is 1.88. The van der Waals surface area contributed by atoms with Crippen molar-refractivity contribution in [2.75, 3.05) is 5.32 Å². The molecule has 0 fully saturated rings. The van der Waals surface area contributed by atoms with E-state index in [1.54, 1.807) is 0 Å². The number of hydrogen-bond acceptors (Lipinski definition) is 7. The number of ether oxygens (including phenoxy) is 1. The molecule has 1 amide bonds. The molecule has 3 aromatic rings. The van der Waals surface area contributed by atoms with Crippen LogP contribution >= 0.6 is 23.1 Å². The van der Waals surface area contributed by atoms with Crippen LogP contribution in [0.1, 0.15) is 36.3 Å². The van der Waals surface area contributed by atoms with Crippen LogP contribution in [0.25, 0.3) is 0 Å². The van der Waals surface area contributed by atoms with Gasteiger partial charge in [-0.05, 0) is 39.8 Å². The van der Waals surface area contributed by atoms with Gasteiger partial charge in [0.25, 0.3) is 0 Å². The molecule has 0 aliphatic carbocycles. The Bertz CT molecular complexity index is 935. The summed E-state index contributed by atoms with van der Waals surface area (Å²) in [4.78, 5) is 17.9. The zero-order valence-corrected chi connectivity index (χ0v) is 18.1. The number of carbonyl (C=O) groups is 1. The van der Waals surface area contributed by atoms with Gasteiger partial charge in [0.1, 0.15) is 5.75 Å². The van der Waals surface area contributed by atoms with Gasteiger partial charge in [-0.15, -0.1) is 21.5 Å². The number of nitrogens with zero attached hydrogens (tertiary/aromatic N) is 4. The maximum absolute atomic E-state index is 12.5. The monoisotopic (exact) mass is 417 g/mol. The van der Waals surface area contributed by atoms with E-state index >= 15 is 0 Å². The van der Waals surface area contributed by atoms with Crippen LogP contribution in [-0.2, 0) is 11.8 Å². The first-order valence-corrected chi connectivity index (χ1v) is 10.6. The summed E-state index contributed by atoms with van der Waals surface area (Å²) in [5.74, 6) is 1.36. The molecule has 2 heterocycles. The lowest BCUT2D eigenvalue weighted by atomic mass is 10.3. The van der Waals surface area contributed by atoms with Gasteiger partial charge in [0, 0.05) is 11.9 Å². The number of thiazole rings is 1. The van der Waals surface area contributed by atoms with E-state index in [0.717, 1.165) is 16.3 Å². The molecule has 28 heavy (non-hydrogen) atoms. The van der Waals surface area contributed by atoms with Gasteiger partial charge in [-0.2, -0.15) is 0 Å². The predicted molar refractivity (Wildman–Crippen MR) is 112 cm³/mol. The molecule has 9 heteroatoms. The number of carbonyl (C=O) groups excluding carboxylic acids is 1. The number of anilines is 1. The Labute approximate surface area is 172 Å².